The van der Waals surface area contributed by atoms with Crippen LogP contribution in [0.2, 0.25) is 0 Å². The van der Waals surface area contributed by atoms with Gasteiger partial charge >= 0.3 is 6.09 Å². The molecule has 1 aliphatic rings. The first-order valence-electron chi connectivity index (χ1n) is 10.4. The largest absolute Gasteiger partial charge is 0.481 e. The SMILES string of the molecule is COc1cc(F)c(-c2nn(C)c3c(OC4CCN(C(=O)OC(C)C)CC4)ncnc23)cn1. The highest BCUT2D eigenvalue weighted by Crippen LogP contribution is 2.33. The van der Waals surface area contributed by atoms with Crippen molar-refractivity contribution in [2.75, 3.05) is 20.2 Å². The lowest BCUT2D eigenvalue weighted by Gasteiger charge is -2.31. The van der Waals surface area contributed by atoms with Gasteiger partial charge in [-0.25, -0.2) is 19.2 Å². The number of hydrogen-bond donors (Lipinski definition) is 0. The quantitative estimate of drug-likeness (QED) is 0.592. The first kappa shape index (κ1) is 21.7. The third-order valence-corrected chi connectivity index (χ3v) is 5.19. The third-order valence-electron chi connectivity index (χ3n) is 5.19. The number of fused-ring (bicyclic) bond motifs is 1. The van der Waals surface area contributed by atoms with Crippen LogP contribution in [0.1, 0.15) is 26.7 Å². The molecule has 0 saturated carbocycles. The number of hydrogen-bond acceptors (Lipinski definition) is 8. The Morgan fingerprint density at radius 2 is 1.97 bits per heavy atom. The maximum Gasteiger partial charge on any atom is 0.410 e. The van der Waals surface area contributed by atoms with Crippen molar-refractivity contribution in [2.24, 2.45) is 7.05 Å². The van der Waals surface area contributed by atoms with Crippen LogP contribution in [0.4, 0.5) is 9.18 Å². The fourth-order valence-electron chi connectivity index (χ4n) is 3.63. The number of amides is 1. The summed E-state index contributed by atoms with van der Waals surface area (Å²) in [5, 5.41) is 4.44. The Balaban J connectivity index is 1.55. The van der Waals surface area contributed by atoms with Crippen molar-refractivity contribution in [2.45, 2.75) is 38.9 Å². The molecule has 0 aliphatic carbocycles. The van der Waals surface area contributed by atoms with Crippen molar-refractivity contribution in [3.05, 3.63) is 24.4 Å². The van der Waals surface area contributed by atoms with Gasteiger partial charge in [0.05, 0.1) is 18.8 Å². The normalized spacial score (nSPS) is 14.8. The van der Waals surface area contributed by atoms with Crippen LogP contribution >= 0.6 is 0 Å². The molecule has 0 atom stereocenters. The number of carbonyl (C=O) groups is 1. The molecule has 1 fully saturated rings. The van der Waals surface area contributed by atoms with Gasteiger partial charge in [0.15, 0.2) is 0 Å². The molecule has 3 aromatic heterocycles. The fraction of sp³-hybridized carbons (Fsp3) is 0.476. The molecule has 11 heteroatoms. The number of likely N-dealkylation sites (tertiary alicyclic amines) is 1. The van der Waals surface area contributed by atoms with Gasteiger partial charge in [-0.1, -0.05) is 0 Å². The standard InChI is InChI=1S/C21H25FN6O4/c1-12(2)31-21(29)28-7-5-13(6-8-28)32-20-19-18(24-11-25-20)17(26-27(19)3)14-10-23-16(30-4)9-15(14)22/h9-13H,5-8H2,1-4H3. The summed E-state index contributed by atoms with van der Waals surface area (Å²) in [4.78, 5) is 26.4. The monoisotopic (exact) mass is 444 g/mol. The summed E-state index contributed by atoms with van der Waals surface area (Å²) in [6.07, 6.45) is 3.41. The second-order valence-corrected chi connectivity index (χ2v) is 7.79. The van der Waals surface area contributed by atoms with E-state index in [4.69, 9.17) is 14.2 Å². The highest BCUT2D eigenvalue weighted by molar-refractivity contribution is 5.92. The summed E-state index contributed by atoms with van der Waals surface area (Å²) < 4.78 is 32.6. The van der Waals surface area contributed by atoms with Crippen LogP contribution < -0.4 is 9.47 Å². The minimum Gasteiger partial charge on any atom is -0.481 e. The summed E-state index contributed by atoms with van der Waals surface area (Å²) in [6, 6.07) is 1.20. The number of ether oxygens (including phenoxy) is 3. The van der Waals surface area contributed by atoms with E-state index >= 15 is 0 Å². The van der Waals surface area contributed by atoms with Gasteiger partial charge < -0.3 is 19.1 Å². The van der Waals surface area contributed by atoms with Crippen LogP contribution in [-0.4, -0.2) is 68.1 Å². The van der Waals surface area contributed by atoms with E-state index in [9.17, 15) is 9.18 Å². The predicted molar refractivity (Wildman–Crippen MR) is 113 cm³/mol. The van der Waals surface area contributed by atoms with Gasteiger partial charge in [0, 0.05) is 45.2 Å². The molecule has 0 bridgehead atoms. The van der Waals surface area contributed by atoms with Gasteiger partial charge in [-0.05, 0) is 13.8 Å². The van der Waals surface area contributed by atoms with Crippen molar-refractivity contribution in [1.29, 1.82) is 0 Å². The third kappa shape index (κ3) is 4.27. The van der Waals surface area contributed by atoms with E-state index in [1.807, 2.05) is 13.8 Å². The van der Waals surface area contributed by atoms with Gasteiger partial charge in [0.25, 0.3) is 0 Å². The summed E-state index contributed by atoms with van der Waals surface area (Å²) in [5.74, 6) is 0.0219. The lowest BCUT2D eigenvalue weighted by atomic mass is 10.1. The minimum absolute atomic E-state index is 0.131. The van der Waals surface area contributed by atoms with Crippen LogP contribution in [-0.2, 0) is 11.8 Å². The lowest BCUT2D eigenvalue weighted by Crippen LogP contribution is -2.42. The molecule has 0 spiro atoms. The number of rotatable bonds is 5. The molecule has 32 heavy (non-hydrogen) atoms. The van der Waals surface area contributed by atoms with E-state index in [2.05, 4.69) is 20.1 Å². The second kappa shape index (κ2) is 8.93. The van der Waals surface area contributed by atoms with Crippen molar-refractivity contribution >= 4 is 17.1 Å². The molecule has 1 amide bonds. The number of aryl methyl sites for hydroxylation is 1. The average molecular weight is 444 g/mol. The lowest BCUT2D eigenvalue weighted by molar-refractivity contribution is 0.0510. The van der Waals surface area contributed by atoms with E-state index in [1.54, 1.807) is 16.6 Å². The Morgan fingerprint density at radius 3 is 2.62 bits per heavy atom. The summed E-state index contributed by atoms with van der Waals surface area (Å²) >= 11 is 0. The zero-order valence-corrected chi connectivity index (χ0v) is 18.4. The summed E-state index contributed by atoms with van der Waals surface area (Å²) in [6.45, 7) is 4.71. The predicted octanol–water partition coefficient (Wildman–Crippen LogP) is 2.96. The molecule has 0 aromatic carbocycles. The Kier molecular flexibility index (Phi) is 6.06. The van der Waals surface area contributed by atoms with Crippen LogP contribution in [0.15, 0.2) is 18.6 Å². The van der Waals surface area contributed by atoms with Crippen LogP contribution in [0, 0.1) is 5.82 Å². The average Bonchev–Trinajstić information content (AvgIpc) is 3.11. The van der Waals surface area contributed by atoms with Crippen LogP contribution in [0.25, 0.3) is 22.3 Å². The molecule has 4 rings (SSSR count). The molecule has 10 nitrogen and oxygen atoms in total. The Labute approximate surface area is 184 Å². The molecule has 3 aromatic rings. The maximum atomic E-state index is 14.6. The number of nitrogens with zero attached hydrogens (tertiary/aromatic N) is 6. The number of aromatic nitrogens is 5. The number of pyridine rings is 1. The first-order chi connectivity index (χ1) is 15.4. The molecular formula is C21H25FN6O4. The molecular weight excluding hydrogens is 419 g/mol. The van der Waals surface area contributed by atoms with E-state index in [1.165, 1.54) is 25.7 Å². The van der Waals surface area contributed by atoms with E-state index in [0.717, 1.165) is 0 Å². The van der Waals surface area contributed by atoms with Gasteiger partial charge in [0.1, 0.15) is 35.0 Å². The summed E-state index contributed by atoms with van der Waals surface area (Å²) in [7, 11) is 3.15. The number of halogens is 1. The number of methoxy groups -OCH3 is 1. The Bertz CT molecular complexity index is 1130. The molecule has 1 aliphatic heterocycles. The van der Waals surface area contributed by atoms with Gasteiger partial charge in [-0.2, -0.15) is 10.1 Å². The van der Waals surface area contributed by atoms with E-state index in [0.29, 0.717) is 48.5 Å². The smallest absolute Gasteiger partial charge is 0.410 e. The molecule has 170 valence electrons. The van der Waals surface area contributed by atoms with Gasteiger partial charge in [-0.3, -0.25) is 4.68 Å². The van der Waals surface area contributed by atoms with Crippen molar-refractivity contribution in [3.8, 4) is 23.0 Å². The Hall–Kier alpha value is -3.50. The minimum atomic E-state index is -0.515. The van der Waals surface area contributed by atoms with Crippen LogP contribution in [0.5, 0.6) is 11.8 Å². The zero-order chi connectivity index (χ0) is 22.8. The van der Waals surface area contributed by atoms with E-state index in [-0.39, 0.29) is 29.7 Å². The molecule has 0 radical (unpaired) electrons. The van der Waals surface area contributed by atoms with Crippen LogP contribution in [0.3, 0.4) is 0 Å². The fourth-order valence-corrected chi connectivity index (χ4v) is 3.63. The number of piperidine rings is 1. The zero-order valence-electron chi connectivity index (χ0n) is 18.4. The van der Waals surface area contributed by atoms with Crippen molar-refractivity contribution < 1.29 is 23.4 Å². The van der Waals surface area contributed by atoms with Crippen molar-refractivity contribution in [1.82, 2.24) is 29.6 Å². The molecule has 0 N–H and O–H groups in total. The van der Waals surface area contributed by atoms with Crippen molar-refractivity contribution in [3.63, 3.8) is 0 Å². The maximum absolute atomic E-state index is 14.6. The Morgan fingerprint density at radius 1 is 1.22 bits per heavy atom. The topological polar surface area (TPSA) is 104 Å². The first-order valence-corrected chi connectivity index (χ1v) is 10.4. The molecule has 0 unspecified atom stereocenters. The molecule has 1 saturated heterocycles. The summed E-state index contributed by atoms with van der Waals surface area (Å²) in [5.41, 5.74) is 1.56. The van der Waals surface area contributed by atoms with E-state index < -0.39 is 5.82 Å². The number of carbonyl (C=O) groups excluding carboxylic acids is 1. The highest BCUT2D eigenvalue weighted by Gasteiger charge is 2.27. The highest BCUT2D eigenvalue weighted by atomic mass is 19.1. The van der Waals surface area contributed by atoms with Gasteiger partial charge in [-0.15, -0.1) is 0 Å². The second-order valence-electron chi connectivity index (χ2n) is 7.79. The van der Waals surface area contributed by atoms with Gasteiger partial charge in [0.2, 0.25) is 11.8 Å². The molecule has 4 heterocycles.